The van der Waals surface area contributed by atoms with Crippen LogP contribution in [0.1, 0.15) is 18.2 Å². The fraction of sp³-hybridized carbons (Fsp3) is 0.556. The van der Waals surface area contributed by atoms with Crippen LogP contribution in [0.3, 0.4) is 0 Å². The monoisotopic (exact) mass is 178 g/mol. The quantitative estimate of drug-likeness (QED) is 0.694. The van der Waals surface area contributed by atoms with Crippen LogP contribution in [0.4, 0.5) is 5.82 Å². The summed E-state index contributed by atoms with van der Waals surface area (Å²) in [5.41, 5.74) is 2.41. The van der Waals surface area contributed by atoms with Gasteiger partial charge in [0.15, 0.2) is 0 Å². The van der Waals surface area contributed by atoms with E-state index in [0.29, 0.717) is 0 Å². The molecule has 1 aromatic heterocycles. The Kier molecular flexibility index (Phi) is 2.40. The molecule has 0 atom stereocenters. The van der Waals surface area contributed by atoms with Crippen LogP contribution in [0.2, 0.25) is 0 Å². The molecule has 2 N–H and O–H groups in total. The normalized spacial score (nSPS) is 15.2. The van der Waals surface area contributed by atoms with Gasteiger partial charge in [0.25, 0.3) is 0 Å². The molecule has 0 saturated heterocycles. The van der Waals surface area contributed by atoms with Crippen molar-refractivity contribution in [1.82, 2.24) is 15.5 Å². The van der Waals surface area contributed by atoms with Gasteiger partial charge in [-0.1, -0.05) is 0 Å². The molecule has 0 spiro atoms. The minimum atomic E-state index is 0.856. The van der Waals surface area contributed by atoms with E-state index >= 15 is 0 Å². The van der Waals surface area contributed by atoms with Crippen molar-refractivity contribution in [3.8, 4) is 0 Å². The van der Waals surface area contributed by atoms with Gasteiger partial charge < -0.3 is 10.6 Å². The molecule has 4 heteroatoms. The van der Waals surface area contributed by atoms with Crippen molar-refractivity contribution in [3.05, 3.63) is 17.3 Å². The Labute approximate surface area is 77.8 Å². The molecule has 0 bridgehead atoms. The third-order valence-electron chi connectivity index (χ3n) is 2.18. The zero-order valence-corrected chi connectivity index (χ0v) is 7.80. The molecule has 0 saturated carbocycles. The van der Waals surface area contributed by atoms with Crippen molar-refractivity contribution in [2.45, 2.75) is 19.9 Å². The lowest BCUT2D eigenvalue weighted by molar-refractivity contribution is 0.617. The van der Waals surface area contributed by atoms with Crippen molar-refractivity contribution in [2.24, 2.45) is 0 Å². The van der Waals surface area contributed by atoms with E-state index in [1.807, 2.05) is 0 Å². The molecule has 70 valence electrons. The van der Waals surface area contributed by atoms with Gasteiger partial charge in [-0.2, -0.15) is 5.10 Å². The second kappa shape index (κ2) is 3.70. The SMILES string of the molecule is CCNc1cc2c(nn1)CNCC2. The van der Waals surface area contributed by atoms with Gasteiger partial charge in [-0.25, -0.2) is 0 Å². The van der Waals surface area contributed by atoms with Gasteiger partial charge in [-0.15, -0.1) is 5.10 Å². The van der Waals surface area contributed by atoms with E-state index in [9.17, 15) is 0 Å². The van der Waals surface area contributed by atoms with Crippen LogP contribution >= 0.6 is 0 Å². The minimum Gasteiger partial charge on any atom is -0.369 e. The van der Waals surface area contributed by atoms with Crippen molar-refractivity contribution in [2.75, 3.05) is 18.4 Å². The molecule has 13 heavy (non-hydrogen) atoms. The summed E-state index contributed by atoms with van der Waals surface area (Å²) in [6.07, 6.45) is 1.06. The Bertz CT molecular complexity index is 298. The van der Waals surface area contributed by atoms with Crippen LogP contribution in [0, 0.1) is 0 Å². The highest BCUT2D eigenvalue weighted by atomic mass is 15.2. The predicted octanol–water partition coefficient (Wildman–Crippen LogP) is 0.554. The standard InChI is InChI=1S/C9H14N4/c1-2-11-9-5-7-3-4-10-6-8(7)12-13-9/h5,10H,2-4,6H2,1H3,(H,11,13). The van der Waals surface area contributed by atoms with Gasteiger partial charge in [0.2, 0.25) is 0 Å². The van der Waals surface area contributed by atoms with E-state index in [-0.39, 0.29) is 0 Å². The number of nitrogens with one attached hydrogen (secondary N) is 2. The van der Waals surface area contributed by atoms with E-state index in [2.05, 4.69) is 33.8 Å². The number of hydrogen-bond donors (Lipinski definition) is 2. The van der Waals surface area contributed by atoms with Crippen molar-refractivity contribution < 1.29 is 0 Å². The van der Waals surface area contributed by atoms with Gasteiger partial charge in [-0.05, 0) is 31.5 Å². The number of hydrogen-bond acceptors (Lipinski definition) is 4. The zero-order chi connectivity index (χ0) is 9.10. The predicted molar refractivity (Wildman–Crippen MR) is 51.6 cm³/mol. The van der Waals surface area contributed by atoms with Crippen LogP contribution in [-0.4, -0.2) is 23.3 Å². The van der Waals surface area contributed by atoms with E-state index in [0.717, 1.165) is 37.6 Å². The molecular weight excluding hydrogens is 164 g/mol. The summed E-state index contributed by atoms with van der Waals surface area (Å²) in [6.45, 7) is 4.85. The number of nitrogens with zero attached hydrogens (tertiary/aromatic N) is 2. The van der Waals surface area contributed by atoms with Crippen LogP contribution in [0.25, 0.3) is 0 Å². The second-order valence-corrected chi connectivity index (χ2v) is 3.16. The van der Waals surface area contributed by atoms with Gasteiger partial charge in [-0.3, -0.25) is 0 Å². The summed E-state index contributed by atoms with van der Waals surface area (Å²) in [5, 5.41) is 14.7. The molecule has 1 aromatic rings. The van der Waals surface area contributed by atoms with E-state index in [1.165, 1.54) is 5.56 Å². The molecule has 2 rings (SSSR count). The van der Waals surface area contributed by atoms with E-state index in [4.69, 9.17) is 0 Å². The molecule has 0 unspecified atom stereocenters. The minimum absolute atomic E-state index is 0.856. The number of anilines is 1. The lowest BCUT2D eigenvalue weighted by atomic mass is 10.1. The highest BCUT2D eigenvalue weighted by molar-refractivity contribution is 5.38. The maximum Gasteiger partial charge on any atom is 0.148 e. The third kappa shape index (κ3) is 1.78. The number of aromatic nitrogens is 2. The molecule has 0 aromatic carbocycles. The summed E-state index contributed by atoms with van der Waals surface area (Å²) in [6, 6.07) is 2.10. The Morgan fingerprint density at radius 1 is 1.54 bits per heavy atom. The van der Waals surface area contributed by atoms with Gasteiger partial charge in [0.05, 0.1) is 5.69 Å². The maximum absolute atomic E-state index is 4.16. The molecular formula is C9H14N4. The van der Waals surface area contributed by atoms with Gasteiger partial charge >= 0.3 is 0 Å². The fourth-order valence-corrected chi connectivity index (χ4v) is 1.52. The first-order chi connectivity index (χ1) is 6.40. The molecule has 0 radical (unpaired) electrons. The van der Waals surface area contributed by atoms with Crippen LogP contribution in [0.15, 0.2) is 6.07 Å². The molecule has 0 amide bonds. The van der Waals surface area contributed by atoms with Crippen LogP contribution < -0.4 is 10.6 Å². The first kappa shape index (κ1) is 8.44. The lowest BCUT2D eigenvalue weighted by Crippen LogP contribution is -2.25. The third-order valence-corrected chi connectivity index (χ3v) is 2.18. The first-order valence-electron chi connectivity index (χ1n) is 4.70. The summed E-state index contributed by atoms with van der Waals surface area (Å²) in [5.74, 6) is 0.892. The average molecular weight is 178 g/mol. The summed E-state index contributed by atoms with van der Waals surface area (Å²) in [4.78, 5) is 0. The second-order valence-electron chi connectivity index (χ2n) is 3.16. The largest absolute Gasteiger partial charge is 0.369 e. The van der Waals surface area contributed by atoms with Gasteiger partial charge in [0.1, 0.15) is 5.82 Å². The molecule has 4 nitrogen and oxygen atoms in total. The average Bonchev–Trinajstić information content (AvgIpc) is 2.18. The molecule has 1 aliphatic rings. The van der Waals surface area contributed by atoms with Crippen molar-refractivity contribution in [3.63, 3.8) is 0 Å². The molecule has 0 aliphatic carbocycles. The summed E-state index contributed by atoms with van der Waals surface area (Å²) in [7, 11) is 0. The Balaban J connectivity index is 2.24. The zero-order valence-electron chi connectivity index (χ0n) is 7.80. The number of rotatable bonds is 2. The van der Waals surface area contributed by atoms with E-state index in [1.54, 1.807) is 0 Å². The fourth-order valence-electron chi connectivity index (χ4n) is 1.52. The Morgan fingerprint density at radius 2 is 2.46 bits per heavy atom. The highest BCUT2D eigenvalue weighted by Gasteiger charge is 2.10. The van der Waals surface area contributed by atoms with Crippen molar-refractivity contribution >= 4 is 5.82 Å². The lowest BCUT2D eigenvalue weighted by Gasteiger charge is -2.15. The topological polar surface area (TPSA) is 49.8 Å². The molecule has 2 heterocycles. The smallest absolute Gasteiger partial charge is 0.148 e. The van der Waals surface area contributed by atoms with Gasteiger partial charge in [0, 0.05) is 13.1 Å². The molecule has 0 fully saturated rings. The summed E-state index contributed by atoms with van der Waals surface area (Å²) < 4.78 is 0. The maximum atomic E-state index is 4.16. The number of fused-ring (bicyclic) bond motifs is 1. The van der Waals surface area contributed by atoms with E-state index < -0.39 is 0 Å². The van der Waals surface area contributed by atoms with Crippen LogP contribution in [0.5, 0.6) is 0 Å². The van der Waals surface area contributed by atoms with Crippen molar-refractivity contribution in [1.29, 1.82) is 0 Å². The highest BCUT2D eigenvalue weighted by Crippen LogP contribution is 2.13. The Morgan fingerprint density at radius 3 is 3.31 bits per heavy atom. The summed E-state index contributed by atoms with van der Waals surface area (Å²) >= 11 is 0. The first-order valence-corrected chi connectivity index (χ1v) is 4.70. The Hall–Kier alpha value is -1.16. The molecule has 1 aliphatic heterocycles. The van der Waals surface area contributed by atoms with Crippen LogP contribution in [-0.2, 0) is 13.0 Å².